The van der Waals surface area contributed by atoms with Gasteiger partial charge in [-0.3, -0.25) is 15.6 Å². The second-order valence-electron chi connectivity index (χ2n) is 6.48. The molecule has 1 amide bonds. The van der Waals surface area contributed by atoms with Gasteiger partial charge < -0.3 is 19.2 Å². The number of nitrogens with one attached hydrogen (secondary N) is 3. The standard InChI is InChI=1S/C20H25N3O4S/c1-2-14-5-7-15(8-6-14)26-13-17-9-10-18(27-17)19(24)22-23-20(28)21-12-16-4-3-11-25-16/h5-10,16H,2-4,11-13H2,1H3,(H,22,24)(H2,21,23,28). The number of hydrazine groups is 1. The Kier molecular flexibility index (Phi) is 7.27. The lowest BCUT2D eigenvalue weighted by molar-refractivity contribution is 0.0911. The van der Waals surface area contributed by atoms with E-state index in [1.54, 1.807) is 12.1 Å². The van der Waals surface area contributed by atoms with Crippen LogP contribution in [0.3, 0.4) is 0 Å². The third-order valence-electron chi connectivity index (χ3n) is 4.40. The molecule has 2 heterocycles. The lowest BCUT2D eigenvalue weighted by Gasteiger charge is -2.14. The van der Waals surface area contributed by atoms with Crippen molar-refractivity contribution in [3.8, 4) is 5.75 Å². The van der Waals surface area contributed by atoms with Crippen molar-refractivity contribution in [2.45, 2.75) is 38.9 Å². The molecule has 1 aliphatic heterocycles. The summed E-state index contributed by atoms with van der Waals surface area (Å²) >= 11 is 5.13. The molecule has 1 atom stereocenters. The van der Waals surface area contributed by atoms with Crippen LogP contribution < -0.4 is 20.9 Å². The topological polar surface area (TPSA) is 84.8 Å². The fourth-order valence-electron chi connectivity index (χ4n) is 2.78. The van der Waals surface area contributed by atoms with E-state index in [0.29, 0.717) is 17.4 Å². The number of hydrogen-bond donors (Lipinski definition) is 3. The van der Waals surface area contributed by atoms with Crippen LogP contribution in [-0.4, -0.2) is 30.3 Å². The first-order valence-electron chi connectivity index (χ1n) is 9.40. The number of amides is 1. The molecule has 1 aromatic heterocycles. The summed E-state index contributed by atoms with van der Waals surface area (Å²) in [4.78, 5) is 12.1. The first kappa shape index (κ1) is 20.2. The molecule has 1 aromatic carbocycles. The highest BCUT2D eigenvalue weighted by Crippen LogP contribution is 2.16. The predicted octanol–water partition coefficient (Wildman–Crippen LogP) is 2.71. The number of hydrogen-bond acceptors (Lipinski definition) is 5. The van der Waals surface area contributed by atoms with Gasteiger partial charge in [0.25, 0.3) is 0 Å². The highest BCUT2D eigenvalue weighted by Gasteiger charge is 2.16. The molecule has 28 heavy (non-hydrogen) atoms. The van der Waals surface area contributed by atoms with Gasteiger partial charge >= 0.3 is 5.91 Å². The Morgan fingerprint density at radius 3 is 2.75 bits per heavy atom. The summed E-state index contributed by atoms with van der Waals surface area (Å²) in [6.45, 7) is 3.75. The Hall–Kier alpha value is -2.58. The van der Waals surface area contributed by atoms with E-state index in [-0.39, 0.29) is 18.5 Å². The Balaban J connectivity index is 1.39. The number of rotatable bonds is 7. The Morgan fingerprint density at radius 1 is 1.21 bits per heavy atom. The molecule has 0 bridgehead atoms. The minimum absolute atomic E-state index is 0.168. The van der Waals surface area contributed by atoms with Crippen LogP contribution in [-0.2, 0) is 17.8 Å². The van der Waals surface area contributed by atoms with Gasteiger partial charge in [0.05, 0.1) is 6.10 Å². The molecule has 0 spiro atoms. The highest BCUT2D eigenvalue weighted by molar-refractivity contribution is 7.80. The van der Waals surface area contributed by atoms with Crippen LogP contribution in [0.2, 0.25) is 0 Å². The highest BCUT2D eigenvalue weighted by atomic mass is 32.1. The van der Waals surface area contributed by atoms with E-state index < -0.39 is 5.91 Å². The second kappa shape index (κ2) is 10.1. The molecule has 1 saturated heterocycles. The minimum Gasteiger partial charge on any atom is -0.486 e. The fraction of sp³-hybridized carbons (Fsp3) is 0.400. The van der Waals surface area contributed by atoms with Gasteiger partial charge in [0.1, 0.15) is 18.1 Å². The Bertz CT molecular complexity index is 785. The molecule has 1 unspecified atom stereocenters. The van der Waals surface area contributed by atoms with E-state index in [0.717, 1.165) is 31.6 Å². The van der Waals surface area contributed by atoms with Gasteiger partial charge in [-0.25, -0.2) is 0 Å². The Labute approximate surface area is 169 Å². The van der Waals surface area contributed by atoms with Crippen LogP contribution in [0.25, 0.3) is 0 Å². The van der Waals surface area contributed by atoms with Crippen LogP contribution in [0.15, 0.2) is 40.8 Å². The average molecular weight is 404 g/mol. The number of aryl methyl sites for hydroxylation is 1. The summed E-state index contributed by atoms with van der Waals surface area (Å²) in [6, 6.07) is 11.2. The largest absolute Gasteiger partial charge is 0.486 e. The van der Waals surface area contributed by atoms with Crippen molar-refractivity contribution in [1.29, 1.82) is 0 Å². The van der Waals surface area contributed by atoms with Gasteiger partial charge in [0, 0.05) is 13.2 Å². The van der Waals surface area contributed by atoms with E-state index >= 15 is 0 Å². The van der Waals surface area contributed by atoms with Gasteiger partial charge in [-0.05, 0) is 61.3 Å². The zero-order valence-corrected chi connectivity index (χ0v) is 16.6. The molecule has 0 aliphatic carbocycles. The quantitative estimate of drug-likeness (QED) is 0.484. The molecule has 1 fully saturated rings. The zero-order valence-electron chi connectivity index (χ0n) is 15.8. The SMILES string of the molecule is CCc1ccc(OCc2ccc(C(=O)NNC(=S)NCC3CCCO3)o2)cc1. The molecule has 3 N–H and O–H groups in total. The first-order valence-corrected chi connectivity index (χ1v) is 9.81. The van der Waals surface area contributed by atoms with Crippen molar-refractivity contribution < 1.29 is 18.7 Å². The lowest BCUT2D eigenvalue weighted by Crippen LogP contribution is -2.48. The number of benzene rings is 1. The molecule has 2 aromatic rings. The van der Waals surface area contributed by atoms with Crippen molar-refractivity contribution in [1.82, 2.24) is 16.2 Å². The van der Waals surface area contributed by atoms with Gasteiger partial charge in [0.15, 0.2) is 10.9 Å². The first-order chi connectivity index (χ1) is 13.6. The van der Waals surface area contributed by atoms with Crippen LogP contribution >= 0.6 is 12.2 Å². The Morgan fingerprint density at radius 2 is 2.04 bits per heavy atom. The van der Waals surface area contributed by atoms with Crippen molar-refractivity contribution in [3.05, 3.63) is 53.5 Å². The summed E-state index contributed by atoms with van der Waals surface area (Å²) in [6.07, 6.45) is 3.24. The van der Waals surface area contributed by atoms with Gasteiger partial charge in [-0.1, -0.05) is 19.1 Å². The average Bonchev–Trinajstić information content (AvgIpc) is 3.41. The second-order valence-corrected chi connectivity index (χ2v) is 6.88. The van der Waals surface area contributed by atoms with Gasteiger partial charge in [-0.15, -0.1) is 0 Å². The normalized spacial score (nSPS) is 15.8. The van der Waals surface area contributed by atoms with E-state index in [2.05, 4.69) is 23.1 Å². The number of carbonyl (C=O) groups excluding carboxylic acids is 1. The summed E-state index contributed by atoms with van der Waals surface area (Å²) in [5.74, 6) is 1.07. The summed E-state index contributed by atoms with van der Waals surface area (Å²) in [7, 11) is 0. The van der Waals surface area contributed by atoms with E-state index in [9.17, 15) is 4.79 Å². The van der Waals surface area contributed by atoms with Gasteiger partial charge in [-0.2, -0.15) is 0 Å². The van der Waals surface area contributed by atoms with Gasteiger partial charge in [0.2, 0.25) is 0 Å². The van der Waals surface area contributed by atoms with Crippen molar-refractivity contribution in [2.24, 2.45) is 0 Å². The third kappa shape index (κ3) is 5.97. The molecule has 3 rings (SSSR count). The number of thiocarbonyl (C=S) groups is 1. The number of carbonyl (C=O) groups is 1. The van der Waals surface area contributed by atoms with Crippen LogP contribution in [0.1, 0.15) is 41.6 Å². The monoisotopic (exact) mass is 403 g/mol. The van der Waals surface area contributed by atoms with Crippen molar-refractivity contribution in [3.63, 3.8) is 0 Å². The molecule has 0 saturated carbocycles. The molecule has 1 aliphatic rings. The van der Waals surface area contributed by atoms with Crippen molar-refractivity contribution >= 4 is 23.2 Å². The third-order valence-corrected chi connectivity index (χ3v) is 4.65. The fourth-order valence-corrected chi connectivity index (χ4v) is 2.92. The minimum atomic E-state index is -0.417. The molecular weight excluding hydrogens is 378 g/mol. The maximum Gasteiger partial charge on any atom is 0.305 e. The molecule has 150 valence electrons. The summed E-state index contributed by atoms with van der Waals surface area (Å²) in [5.41, 5.74) is 6.41. The summed E-state index contributed by atoms with van der Waals surface area (Å²) in [5, 5.41) is 3.34. The maximum absolute atomic E-state index is 12.1. The number of furan rings is 1. The smallest absolute Gasteiger partial charge is 0.305 e. The molecule has 7 nitrogen and oxygen atoms in total. The van der Waals surface area contributed by atoms with Crippen LogP contribution in [0.5, 0.6) is 5.75 Å². The summed E-state index contributed by atoms with van der Waals surface area (Å²) < 4.78 is 16.7. The van der Waals surface area contributed by atoms with E-state index in [4.69, 9.17) is 26.1 Å². The van der Waals surface area contributed by atoms with E-state index in [1.165, 1.54) is 5.56 Å². The van der Waals surface area contributed by atoms with E-state index in [1.807, 2.05) is 24.3 Å². The molecule has 8 heteroatoms. The van der Waals surface area contributed by atoms with Crippen LogP contribution in [0, 0.1) is 0 Å². The zero-order chi connectivity index (χ0) is 19.8. The lowest BCUT2D eigenvalue weighted by atomic mass is 10.2. The van der Waals surface area contributed by atoms with Crippen LogP contribution in [0.4, 0.5) is 0 Å². The molecule has 0 radical (unpaired) electrons. The maximum atomic E-state index is 12.1. The predicted molar refractivity (Wildman–Crippen MR) is 109 cm³/mol. The van der Waals surface area contributed by atoms with Crippen molar-refractivity contribution in [2.75, 3.05) is 13.2 Å². The molecular formula is C20H25N3O4S. The number of ether oxygens (including phenoxy) is 2.